The molecule has 0 spiro atoms. The topological polar surface area (TPSA) is 65.1 Å². The van der Waals surface area contributed by atoms with Crippen LogP contribution in [0.5, 0.6) is 0 Å². The Morgan fingerprint density at radius 3 is 1.61 bits per heavy atom. The van der Waals surface area contributed by atoms with Crippen LogP contribution in [-0.4, -0.2) is 63.4 Å². The summed E-state index contributed by atoms with van der Waals surface area (Å²) in [5.41, 5.74) is 0. The molecule has 0 aromatic rings. The Labute approximate surface area is 315 Å². The monoisotopic (exact) mass is 716 g/mol. The summed E-state index contributed by atoms with van der Waals surface area (Å²) in [6, 6.07) is 0. The van der Waals surface area contributed by atoms with E-state index in [4.69, 9.17) is 14.2 Å². The van der Waals surface area contributed by atoms with E-state index in [2.05, 4.69) is 62.5 Å². The van der Waals surface area contributed by atoms with Gasteiger partial charge in [-0.25, -0.2) is 0 Å². The molecule has 6 heteroatoms. The van der Waals surface area contributed by atoms with Crippen molar-refractivity contribution >= 4 is 11.9 Å². The SMILES string of the molecule is CCC=CCC=CCC=CCCCCCCCCOCC(COC(=O)CCCN(C)C)OC(=O)CCCCCCCC=CCCCCCCCC. The number of allylic oxidation sites excluding steroid dienone is 8. The molecule has 0 aromatic heterocycles. The van der Waals surface area contributed by atoms with Gasteiger partial charge in [0.2, 0.25) is 0 Å². The summed E-state index contributed by atoms with van der Waals surface area (Å²) in [5, 5.41) is 0. The molecule has 0 N–H and O–H groups in total. The number of rotatable bonds is 38. The Bertz CT molecular complexity index is 878. The highest BCUT2D eigenvalue weighted by atomic mass is 16.6. The standard InChI is InChI=1S/C45H81NO5/c1-5-7-9-11-13-15-17-19-21-23-25-27-29-31-33-35-40-49-41-43(42-50-44(47)38-36-39-46(3)4)51-45(48)37-34-32-30-28-26-24-22-20-18-16-14-12-10-8-6-2/h7,9,13,15,19-22,43H,5-6,8,10-12,14,16-18,23-42H2,1-4H3. The third-order valence-corrected chi connectivity index (χ3v) is 8.85. The Morgan fingerprint density at radius 2 is 1.02 bits per heavy atom. The fourth-order valence-electron chi connectivity index (χ4n) is 5.71. The van der Waals surface area contributed by atoms with Crippen molar-refractivity contribution in [1.29, 1.82) is 0 Å². The smallest absolute Gasteiger partial charge is 0.306 e. The van der Waals surface area contributed by atoms with E-state index in [1.54, 1.807) is 0 Å². The van der Waals surface area contributed by atoms with Crippen LogP contribution >= 0.6 is 0 Å². The van der Waals surface area contributed by atoms with Gasteiger partial charge in [0.15, 0.2) is 6.10 Å². The first-order valence-electron chi connectivity index (χ1n) is 21.2. The number of ether oxygens (including phenoxy) is 3. The highest BCUT2D eigenvalue weighted by Crippen LogP contribution is 2.12. The Hall–Kier alpha value is -2.18. The molecule has 0 amide bonds. The lowest BCUT2D eigenvalue weighted by Gasteiger charge is -2.18. The number of esters is 2. The van der Waals surface area contributed by atoms with Gasteiger partial charge < -0.3 is 19.1 Å². The molecule has 0 fully saturated rings. The molecular formula is C45H81NO5. The zero-order valence-corrected chi connectivity index (χ0v) is 33.9. The van der Waals surface area contributed by atoms with Crippen molar-refractivity contribution in [2.75, 3.05) is 40.5 Å². The number of unbranched alkanes of at least 4 members (excludes halogenated alkanes) is 17. The fraction of sp³-hybridized carbons (Fsp3) is 0.778. The molecule has 0 bridgehead atoms. The van der Waals surface area contributed by atoms with Crippen LogP contribution in [0.1, 0.15) is 181 Å². The van der Waals surface area contributed by atoms with Gasteiger partial charge in [-0.2, -0.15) is 0 Å². The van der Waals surface area contributed by atoms with Crippen molar-refractivity contribution < 1.29 is 23.8 Å². The second-order valence-corrected chi connectivity index (χ2v) is 14.3. The second kappa shape index (κ2) is 40.6. The van der Waals surface area contributed by atoms with Gasteiger partial charge >= 0.3 is 11.9 Å². The first-order chi connectivity index (χ1) is 25.0. The Balaban J connectivity index is 4.12. The fourth-order valence-corrected chi connectivity index (χ4v) is 5.71. The predicted molar refractivity (Wildman–Crippen MR) is 218 cm³/mol. The van der Waals surface area contributed by atoms with Crippen molar-refractivity contribution in [2.24, 2.45) is 0 Å². The highest BCUT2D eigenvalue weighted by Gasteiger charge is 2.17. The van der Waals surface area contributed by atoms with Crippen molar-refractivity contribution in [2.45, 2.75) is 187 Å². The van der Waals surface area contributed by atoms with Gasteiger partial charge in [-0.3, -0.25) is 9.59 Å². The zero-order chi connectivity index (χ0) is 37.3. The van der Waals surface area contributed by atoms with Crippen molar-refractivity contribution in [1.82, 2.24) is 4.90 Å². The summed E-state index contributed by atoms with van der Waals surface area (Å²) in [4.78, 5) is 26.9. The molecule has 0 rings (SSSR count). The van der Waals surface area contributed by atoms with Crippen LogP contribution in [0.15, 0.2) is 48.6 Å². The molecule has 51 heavy (non-hydrogen) atoms. The molecule has 0 aliphatic carbocycles. The van der Waals surface area contributed by atoms with Crippen molar-refractivity contribution in [3.8, 4) is 0 Å². The summed E-state index contributed by atoms with van der Waals surface area (Å²) < 4.78 is 17.1. The minimum Gasteiger partial charge on any atom is -0.462 e. The largest absolute Gasteiger partial charge is 0.462 e. The Morgan fingerprint density at radius 1 is 0.529 bits per heavy atom. The summed E-state index contributed by atoms with van der Waals surface area (Å²) in [6.07, 6.45) is 46.4. The first-order valence-corrected chi connectivity index (χ1v) is 21.2. The number of hydrogen-bond donors (Lipinski definition) is 0. The third-order valence-electron chi connectivity index (χ3n) is 8.85. The molecule has 6 nitrogen and oxygen atoms in total. The van der Waals surface area contributed by atoms with Crippen LogP contribution in [0.3, 0.4) is 0 Å². The minimum absolute atomic E-state index is 0.0555. The maximum Gasteiger partial charge on any atom is 0.306 e. The van der Waals surface area contributed by atoms with Crippen LogP contribution in [-0.2, 0) is 23.8 Å². The molecule has 0 saturated carbocycles. The average Bonchev–Trinajstić information content (AvgIpc) is 3.11. The van der Waals surface area contributed by atoms with Gasteiger partial charge in [-0.15, -0.1) is 0 Å². The molecule has 296 valence electrons. The van der Waals surface area contributed by atoms with Gasteiger partial charge in [0, 0.05) is 19.4 Å². The van der Waals surface area contributed by atoms with Gasteiger partial charge in [-0.1, -0.05) is 140 Å². The number of nitrogens with zero attached hydrogens (tertiary/aromatic N) is 1. The van der Waals surface area contributed by atoms with E-state index in [1.165, 1.54) is 83.5 Å². The van der Waals surface area contributed by atoms with Crippen LogP contribution in [0, 0.1) is 0 Å². The molecule has 0 heterocycles. The summed E-state index contributed by atoms with van der Waals surface area (Å²) in [7, 11) is 3.98. The minimum atomic E-state index is -0.556. The van der Waals surface area contributed by atoms with E-state index >= 15 is 0 Å². The molecule has 0 aliphatic rings. The lowest BCUT2D eigenvalue weighted by Crippen LogP contribution is -2.30. The van der Waals surface area contributed by atoms with E-state index < -0.39 is 6.10 Å². The van der Waals surface area contributed by atoms with Crippen molar-refractivity contribution in [3.63, 3.8) is 0 Å². The molecular weight excluding hydrogens is 634 g/mol. The van der Waals surface area contributed by atoms with Crippen molar-refractivity contribution in [3.05, 3.63) is 48.6 Å². The third kappa shape index (κ3) is 40.4. The molecule has 0 saturated heterocycles. The van der Waals surface area contributed by atoms with E-state index in [-0.39, 0.29) is 25.2 Å². The van der Waals surface area contributed by atoms with E-state index in [0.29, 0.717) is 19.4 Å². The number of hydrogen-bond acceptors (Lipinski definition) is 6. The molecule has 0 radical (unpaired) electrons. The van der Waals surface area contributed by atoms with E-state index in [9.17, 15) is 9.59 Å². The predicted octanol–water partition coefficient (Wildman–Crippen LogP) is 12.4. The van der Waals surface area contributed by atoms with Crippen LogP contribution in [0.4, 0.5) is 0 Å². The van der Waals surface area contributed by atoms with Crippen LogP contribution in [0.2, 0.25) is 0 Å². The zero-order valence-electron chi connectivity index (χ0n) is 33.9. The van der Waals surface area contributed by atoms with Gasteiger partial charge in [0.25, 0.3) is 0 Å². The maximum absolute atomic E-state index is 12.6. The molecule has 0 aliphatic heterocycles. The second-order valence-electron chi connectivity index (χ2n) is 14.3. The molecule has 1 atom stereocenters. The summed E-state index contributed by atoms with van der Waals surface area (Å²) >= 11 is 0. The lowest BCUT2D eigenvalue weighted by atomic mass is 10.1. The van der Waals surface area contributed by atoms with Crippen LogP contribution < -0.4 is 0 Å². The lowest BCUT2D eigenvalue weighted by molar-refractivity contribution is -0.163. The van der Waals surface area contributed by atoms with E-state index in [0.717, 1.165) is 77.2 Å². The van der Waals surface area contributed by atoms with Gasteiger partial charge in [0.05, 0.1) is 6.61 Å². The first kappa shape index (κ1) is 48.8. The highest BCUT2D eigenvalue weighted by molar-refractivity contribution is 5.70. The summed E-state index contributed by atoms with van der Waals surface area (Å²) in [6.45, 7) is 6.21. The van der Waals surface area contributed by atoms with Crippen LogP contribution in [0.25, 0.3) is 0 Å². The number of carbonyl (C=O) groups is 2. The van der Waals surface area contributed by atoms with Gasteiger partial charge in [-0.05, 0) is 97.7 Å². The molecule has 1 unspecified atom stereocenters. The quantitative estimate of drug-likeness (QED) is 0.0360. The maximum atomic E-state index is 12.6. The van der Waals surface area contributed by atoms with Gasteiger partial charge in [0.1, 0.15) is 6.61 Å². The molecule has 0 aromatic carbocycles. The Kier molecular flexibility index (Phi) is 38.9. The average molecular weight is 716 g/mol. The number of carbonyl (C=O) groups excluding carboxylic acids is 2. The van der Waals surface area contributed by atoms with E-state index in [1.807, 2.05) is 19.0 Å². The summed E-state index contributed by atoms with van der Waals surface area (Å²) in [5.74, 6) is -0.478. The normalized spacial score (nSPS) is 12.7.